The smallest absolute Gasteiger partial charge is 0.309 e. The molecule has 0 unspecified atom stereocenters. The molecule has 0 aliphatic heterocycles. The van der Waals surface area contributed by atoms with Crippen LogP contribution in [0.4, 0.5) is 0 Å². The summed E-state index contributed by atoms with van der Waals surface area (Å²) in [5, 5.41) is 0. The number of hydrogen-bond donors (Lipinski definition) is 0. The summed E-state index contributed by atoms with van der Waals surface area (Å²) in [6.07, 6.45) is 4.88. The molecule has 0 heterocycles. The molecule has 13 heavy (non-hydrogen) atoms. The fourth-order valence-electron chi connectivity index (χ4n) is 1.13. The Kier molecular flexibility index (Phi) is 7.36. The molecule has 0 amide bonds. The third-order valence-corrected chi connectivity index (χ3v) is 1.83. The van der Waals surface area contributed by atoms with Crippen molar-refractivity contribution in [2.24, 2.45) is 0 Å². The van der Waals surface area contributed by atoms with Crippen molar-refractivity contribution in [3.63, 3.8) is 0 Å². The van der Waals surface area contributed by atoms with Crippen molar-refractivity contribution in [2.75, 3.05) is 6.61 Å². The van der Waals surface area contributed by atoms with E-state index in [0.717, 1.165) is 18.4 Å². The lowest BCUT2D eigenvalue weighted by Gasteiger charge is -2.04. The zero-order valence-corrected chi connectivity index (χ0v) is 8.77. The highest BCUT2D eigenvalue weighted by molar-refractivity contribution is 5.72. The summed E-state index contributed by atoms with van der Waals surface area (Å²) in [5.74, 6) is -0.149. The van der Waals surface area contributed by atoms with Crippen LogP contribution in [0.1, 0.15) is 46.0 Å². The molecule has 0 saturated heterocycles. The maximum absolute atomic E-state index is 11.0. The van der Waals surface area contributed by atoms with E-state index >= 15 is 0 Å². The van der Waals surface area contributed by atoms with Crippen molar-refractivity contribution in [3.05, 3.63) is 12.2 Å². The summed E-state index contributed by atoms with van der Waals surface area (Å²) in [6.45, 7) is 8.29. The predicted octanol–water partition coefficient (Wildman–Crippen LogP) is 3.08. The van der Waals surface area contributed by atoms with E-state index in [4.69, 9.17) is 4.74 Å². The molecule has 2 heteroatoms. The lowest BCUT2D eigenvalue weighted by Crippen LogP contribution is -2.04. The van der Waals surface area contributed by atoms with E-state index in [1.807, 2.05) is 6.92 Å². The average Bonchev–Trinajstić information content (AvgIpc) is 2.05. The predicted molar refractivity (Wildman–Crippen MR) is 54.5 cm³/mol. The molecular weight excluding hydrogens is 164 g/mol. The third kappa shape index (κ3) is 7.57. The van der Waals surface area contributed by atoms with Crippen LogP contribution in [0.2, 0.25) is 0 Å². The molecule has 0 bridgehead atoms. The number of carbonyl (C=O) groups excluding carboxylic acids is 1. The Bertz CT molecular complexity index is 161. The number of rotatable bonds is 7. The molecule has 76 valence electrons. The first-order valence-corrected chi connectivity index (χ1v) is 5.03. The van der Waals surface area contributed by atoms with Gasteiger partial charge in [0.25, 0.3) is 0 Å². The van der Waals surface area contributed by atoms with E-state index < -0.39 is 0 Å². The highest BCUT2D eigenvalue weighted by atomic mass is 16.5. The highest BCUT2D eigenvalue weighted by Gasteiger charge is 2.03. The van der Waals surface area contributed by atoms with Gasteiger partial charge in [0, 0.05) is 0 Å². The monoisotopic (exact) mass is 184 g/mol. The first-order chi connectivity index (χ1) is 6.20. The molecule has 0 fully saturated rings. The molecule has 0 atom stereocenters. The minimum absolute atomic E-state index is 0.149. The Morgan fingerprint density at radius 1 is 1.31 bits per heavy atom. The van der Waals surface area contributed by atoms with Crippen molar-refractivity contribution >= 4 is 5.97 Å². The van der Waals surface area contributed by atoms with Crippen LogP contribution >= 0.6 is 0 Å². The Morgan fingerprint density at radius 2 is 2.00 bits per heavy atom. The fourth-order valence-corrected chi connectivity index (χ4v) is 1.13. The molecule has 0 N–H and O–H groups in total. The first kappa shape index (κ1) is 12.2. The molecule has 0 aromatic carbocycles. The second-order valence-electron chi connectivity index (χ2n) is 3.19. The number of ether oxygens (including phenoxy) is 1. The summed E-state index contributed by atoms with van der Waals surface area (Å²) in [5.41, 5.74) is 0.993. The largest absolute Gasteiger partial charge is 0.466 e. The van der Waals surface area contributed by atoms with Gasteiger partial charge >= 0.3 is 5.97 Å². The number of carbonyl (C=O) groups is 1. The molecule has 0 saturated carbocycles. The maximum atomic E-state index is 11.0. The van der Waals surface area contributed by atoms with Crippen LogP contribution in [-0.2, 0) is 9.53 Å². The van der Waals surface area contributed by atoms with Crippen molar-refractivity contribution in [1.29, 1.82) is 0 Å². The second-order valence-corrected chi connectivity index (χ2v) is 3.19. The standard InChI is InChI=1S/C11H20O2/c1-4-6-7-8-10(3)9-11(12)13-5-2/h3-9H2,1-2H3. The summed E-state index contributed by atoms with van der Waals surface area (Å²) in [4.78, 5) is 11.0. The van der Waals surface area contributed by atoms with Gasteiger partial charge in [0.05, 0.1) is 13.0 Å². The fraction of sp³-hybridized carbons (Fsp3) is 0.727. The van der Waals surface area contributed by atoms with Crippen molar-refractivity contribution < 1.29 is 9.53 Å². The molecule has 0 aromatic heterocycles. The summed E-state index contributed by atoms with van der Waals surface area (Å²) in [7, 11) is 0. The van der Waals surface area contributed by atoms with Gasteiger partial charge in [0.15, 0.2) is 0 Å². The van der Waals surface area contributed by atoms with E-state index in [1.54, 1.807) is 0 Å². The third-order valence-electron chi connectivity index (χ3n) is 1.83. The number of hydrogen-bond acceptors (Lipinski definition) is 2. The summed E-state index contributed by atoms with van der Waals surface area (Å²) < 4.78 is 4.82. The van der Waals surface area contributed by atoms with E-state index in [-0.39, 0.29) is 5.97 Å². The second kappa shape index (κ2) is 7.84. The normalized spacial score (nSPS) is 9.69. The lowest BCUT2D eigenvalue weighted by atomic mass is 10.1. The first-order valence-electron chi connectivity index (χ1n) is 5.03. The molecule has 0 rings (SSSR count). The van der Waals surface area contributed by atoms with E-state index in [9.17, 15) is 4.79 Å². The minimum atomic E-state index is -0.149. The maximum Gasteiger partial charge on any atom is 0.309 e. The van der Waals surface area contributed by atoms with Crippen LogP contribution in [-0.4, -0.2) is 12.6 Å². The van der Waals surface area contributed by atoms with E-state index in [0.29, 0.717) is 13.0 Å². The lowest BCUT2D eigenvalue weighted by molar-refractivity contribution is -0.142. The zero-order chi connectivity index (χ0) is 10.1. The molecule has 0 aliphatic carbocycles. The Hall–Kier alpha value is -0.790. The topological polar surface area (TPSA) is 26.3 Å². The van der Waals surface area contributed by atoms with Gasteiger partial charge in [0.1, 0.15) is 0 Å². The van der Waals surface area contributed by atoms with Gasteiger partial charge in [0.2, 0.25) is 0 Å². The Labute approximate surface area is 81.0 Å². The van der Waals surface area contributed by atoms with Gasteiger partial charge in [-0.3, -0.25) is 4.79 Å². The van der Waals surface area contributed by atoms with Gasteiger partial charge in [-0.2, -0.15) is 0 Å². The number of unbranched alkanes of at least 4 members (excludes halogenated alkanes) is 2. The van der Waals surface area contributed by atoms with Gasteiger partial charge < -0.3 is 4.74 Å². The molecule has 0 aliphatic rings. The Morgan fingerprint density at radius 3 is 2.54 bits per heavy atom. The highest BCUT2D eigenvalue weighted by Crippen LogP contribution is 2.10. The van der Waals surface area contributed by atoms with Crippen LogP contribution in [0.25, 0.3) is 0 Å². The number of esters is 1. The Balaban J connectivity index is 3.44. The van der Waals surface area contributed by atoms with Gasteiger partial charge in [-0.15, -0.1) is 0 Å². The van der Waals surface area contributed by atoms with Crippen molar-refractivity contribution in [1.82, 2.24) is 0 Å². The van der Waals surface area contributed by atoms with Crippen LogP contribution in [0, 0.1) is 0 Å². The quantitative estimate of drug-likeness (QED) is 0.345. The zero-order valence-electron chi connectivity index (χ0n) is 8.77. The van der Waals surface area contributed by atoms with Crippen LogP contribution in [0.5, 0.6) is 0 Å². The average molecular weight is 184 g/mol. The molecule has 0 radical (unpaired) electrons. The summed E-state index contributed by atoms with van der Waals surface area (Å²) >= 11 is 0. The molecule has 0 spiro atoms. The van der Waals surface area contributed by atoms with E-state index in [2.05, 4.69) is 13.5 Å². The SMILES string of the molecule is C=C(CCCCC)CC(=O)OCC. The van der Waals surface area contributed by atoms with Gasteiger partial charge in [-0.05, 0) is 19.8 Å². The molecular formula is C11H20O2. The summed E-state index contributed by atoms with van der Waals surface area (Å²) in [6, 6.07) is 0. The van der Waals surface area contributed by atoms with Crippen molar-refractivity contribution in [3.8, 4) is 0 Å². The van der Waals surface area contributed by atoms with Gasteiger partial charge in [-0.1, -0.05) is 31.9 Å². The van der Waals surface area contributed by atoms with Crippen LogP contribution in [0.3, 0.4) is 0 Å². The molecule has 2 nitrogen and oxygen atoms in total. The van der Waals surface area contributed by atoms with Crippen molar-refractivity contribution in [2.45, 2.75) is 46.0 Å². The minimum Gasteiger partial charge on any atom is -0.466 e. The van der Waals surface area contributed by atoms with Gasteiger partial charge in [-0.25, -0.2) is 0 Å². The molecule has 0 aromatic rings. The van der Waals surface area contributed by atoms with E-state index in [1.165, 1.54) is 12.8 Å². The van der Waals surface area contributed by atoms with Crippen LogP contribution < -0.4 is 0 Å². The van der Waals surface area contributed by atoms with Crippen LogP contribution in [0.15, 0.2) is 12.2 Å².